The quantitative estimate of drug-likeness (QED) is 0.831. The first-order valence-corrected chi connectivity index (χ1v) is 5.85. The van der Waals surface area contributed by atoms with E-state index in [9.17, 15) is 4.79 Å². The summed E-state index contributed by atoms with van der Waals surface area (Å²) in [5.41, 5.74) is 6.59. The third kappa shape index (κ3) is 6.47. The first-order valence-electron chi connectivity index (χ1n) is 5.85. The van der Waals surface area contributed by atoms with Crippen LogP contribution in [0.3, 0.4) is 0 Å². The van der Waals surface area contributed by atoms with Gasteiger partial charge in [0.2, 0.25) is 5.91 Å². The van der Waals surface area contributed by atoms with E-state index in [1.54, 1.807) is 0 Å². The van der Waals surface area contributed by atoms with Crippen molar-refractivity contribution in [2.45, 2.75) is 32.9 Å². The van der Waals surface area contributed by atoms with Gasteiger partial charge in [0.1, 0.15) is 5.75 Å². The Hall–Kier alpha value is -1.26. The molecule has 0 aliphatic rings. The number of hydrogen-bond donors (Lipinski definition) is 2. The van der Waals surface area contributed by atoms with E-state index in [1.165, 1.54) is 0 Å². The predicted molar refractivity (Wildman–Crippen MR) is 75.0 cm³/mol. The van der Waals surface area contributed by atoms with Crippen molar-refractivity contribution in [1.82, 2.24) is 5.32 Å². The fourth-order valence-electron chi connectivity index (χ4n) is 1.44. The average Bonchev–Trinajstić information content (AvgIpc) is 2.28. The van der Waals surface area contributed by atoms with Gasteiger partial charge in [-0.3, -0.25) is 4.79 Å². The molecule has 0 aliphatic carbocycles. The van der Waals surface area contributed by atoms with Crippen molar-refractivity contribution in [3.63, 3.8) is 0 Å². The zero-order valence-corrected chi connectivity index (χ0v) is 11.6. The zero-order valence-electron chi connectivity index (χ0n) is 10.8. The number of rotatable bonds is 6. The van der Waals surface area contributed by atoms with Gasteiger partial charge in [0.05, 0.1) is 6.61 Å². The predicted octanol–water partition coefficient (Wildman–Crippen LogP) is 1.86. The van der Waals surface area contributed by atoms with Gasteiger partial charge in [-0.1, -0.05) is 12.1 Å². The van der Waals surface area contributed by atoms with Crippen LogP contribution < -0.4 is 15.8 Å². The van der Waals surface area contributed by atoms with Gasteiger partial charge in [0.25, 0.3) is 0 Å². The molecule has 0 fully saturated rings. The molecule has 1 aromatic carbocycles. The van der Waals surface area contributed by atoms with E-state index in [0.717, 1.165) is 11.3 Å². The van der Waals surface area contributed by atoms with Crippen LogP contribution in [0.4, 0.5) is 0 Å². The van der Waals surface area contributed by atoms with Crippen molar-refractivity contribution < 1.29 is 9.53 Å². The Morgan fingerprint density at radius 1 is 1.39 bits per heavy atom. The van der Waals surface area contributed by atoms with Crippen molar-refractivity contribution >= 4 is 18.3 Å². The van der Waals surface area contributed by atoms with Gasteiger partial charge in [-0.05, 0) is 31.5 Å². The Bertz CT molecular complexity index is 353. The minimum absolute atomic E-state index is 0. The third-order valence-corrected chi connectivity index (χ3v) is 2.23. The first-order chi connectivity index (χ1) is 8.11. The average molecular weight is 273 g/mol. The smallest absolute Gasteiger partial charge is 0.221 e. The Morgan fingerprint density at radius 3 is 2.50 bits per heavy atom. The van der Waals surface area contributed by atoms with Crippen LogP contribution in [0.1, 0.15) is 25.8 Å². The van der Waals surface area contributed by atoms with Gasteiger partial charge >= 0.3 is 0 Å². The zero-order chi connectivity index (χ0) is 12.7. The minimum atomic E-state index is -0.102. The molecule has 0 saturated heterocycles. The molecule has 0 spiro atoms. The molecular weight excluding hydrogens is 252 g/mol. The van der Waals surface area contributed by atoms with E-state index >= 15 is 0 Å². The molecule has 102 valence electrons. The molecule has 1 rings (SSSR count). The summed E-state index contributed by atoms with van der Waals surface area (Å²) in [5.74, 6) is 0.826. The molecule has 1 unspecified atom stereocenters. The molecule has 18 heavy (non-hydrogen) atoms. The minimum Gasteiger partial charge on any atom is -0.494 e. The molecule has 0 bridgehead atoms. The summed E-state index contributed by atoms with van der Waals surface area (Å²) in [5, 5.41) is 2.82. The summed E-state index contributed by atoms with van der Waals surface area (Å²) in [6.07, 6.45) is 0.358. The largest absolute Gasteiger partial charge is 0.494 e. The summed E-state index contributed by atoms with van der Waals surface area (Å²) in [4.78, 5) is 11.4. The molecule has 3 N–H and O–H groups in total. The fourth-order valence-corrected chi connectivity index (χ4v) is 1.44. The summed E-state index contributed by atoms with van der Waals surface area (Å²) in [6.45, 7) is 4.95. The van der Waals surface area contributed by atoms with Gasteiger partial charge < -0.3 is 15.8 Å². The monoisotopic (exact) mass is 272 g/mol. The first kappa shape index (κ1) is 16.7. The normalized spacial score (nSPS) is 11.3. The maximum absolute atomic E-state index is 11.4. The molecule has 0 aliphatic heterocycles. The van der Waals surface area contributed by atoms with Crippen molar-refractivity contribution in [2.75, 3.05) is 6.61 Å². The molecule has 1 amide bonds. The van der Waals surface area contributed by atoms with Crippen LogP contribution in [-0.4, -0.2) is 18.6 Å². The summed E-state index contributed by atoms with van der Waals surface area (Å²) in [6, 6.07) is 7.58. The fraction of sp³-hybridized carbons (Fsp3) is 0.462. The van der Waals surface area contributed by atoms with Gasteiger partial charge in [-0.25, -0.2) is 0 Å². The van der Waals surface area contributed by atoms with Crippen molar-refractivity contribution in [3.8, 4) is 5.75 Å². The molecular formula is C13H21ClN2O2. The van der Waals surface area contributed by atoms with Crippen LogP contribution >= 0.6 is 12.4 Å². The number of carbonyl (C=O) groups excluding carboxylic acids is 1. The molecule has 0 heterocycles. The van der Waals surface area contributed by atoms with Crippen LogP contribution in [-0.2, 0) is 11.3 Å². The van der Waals surface area contributed by atoms with Crippen molar-refractivity contribution in [3.05, 3.63) is 29.8 Å². The second-order valence-electron chi connectivity index (χ2n) is 4.04. The summed E-state index contributed by atoms with van der Waals surface area (Å²) in [7, 11) is 0. The van der Waals surface area contributed by atoms with Gasteiger partial charge in [0, 0.05) is 19.0 Å². The Labute approximate surface area is 114 Å². The maximum Gasteiger partial charge on any atom is 0.221 e. The van der Waals surface area contributed by atoms with E-state index < -0.39 is 0 Å². The second-order valence-corrected chi connectivity index (χ2v) is 4.04. The van der Waals surface area contributed by atoms with Gasteiger partial charge in [-0.15, -0.1) is 12.4 Å². The van der Waals surface area contributed by atoms with Gasteiger partial charge in [0.15, 0.2) is 0 Å². The highest BCUT2D eigenvalue weighted by Gasteiger charge is 2.04. The van der Waals surface area contributed by atoms with Crippen LogP contribution in [0.15, 0.2) is 24.3 Å². The maximum atomic E-state index is 11.4. The molecule has 1 atom stereocenters. The Balaban J connectivity index is 0.00000289. The SMILES string of the molecule is CCOc1ccc(CNC(=O)CC(C)N)cc1.Cl. The van der Waals surface area contributed by atoms with E-state index in [1.807, 2.05) is 38.1 Å². The van der Waals surface area contributed by atoms with Crippen molar-refractivity contribution in [1.29, 1.82) is 0 Å². The van der Waals surface area contributed by atoms with Crippen LogP contribution in [0.2, 0.25) is 0 Å². The second kappa shape index (κ2) is 8.78. The highest BCUT2D eigenvalue weighted by molar-refractivity contribution is 5.85. The number of halogens is 1. The Kier molecular flexibility index (Phi) is 8.16. The van der Waals surface area contributed by atoms with E-state index in [4.69, 9.17) is 10.5 Å². The van der Waals surface area contributed by atoms with E-state index in [2.05, 4.69) is 5.32 Å². The molecule has 5 heteroatoms. The molecule has 0 saturated carbocycles. The number of ether oxygens (including phenoxy) is 1. The lowest BCUT2D eigenvalue weighted by Gasteiger charge is -2.08. The van der Waals surface area contributed by atoms with Crippen LogP contribution in [0.25, 0.3) is 0 Å². The van der Waals surface area contributed by atoms with E-state index in [0.29, 0.717) is 19.6 Å². The number of nitrogens with one attached hydrogen (secondary N) is 1. The highest BCUT2D eigenvalue weighted by Crippen LogP contribution is 2.11. The van der Waals surface area contributed by atoms with E-state index in [-0.39, 0.29) is 24.4 Å². The Morgan fingerprint density at radius 2 is 2.00 bits per heavy atom. The summed E-state index contributed by atoms with van der Waals surface area (Å²) < 4.78 is 5.34. The molecule has 0 radical (unpaired) electrons. The van der Waals surface area contributed by atoms with Crippen LogP contribution in [0, 0.1) is 0 Å². The van der Waals surface area contributed by atoms with Crippen LogP contribution in [0.5, 0.6) is 5.75 Å². The number of benzene rings is 1. The lowest BCUT2D eigenvalue weighted by Crippen LogP contribution is -2.29. The number of amides is 1. The number of carbonyl (C=O) groups is 1. The number of hydrogen-bond acceptors (Lipinski definition) is 3. The molecule has 4 nitrogen and oxygen atoms in total. The topological polar surface area (TPSA) is 64.3 Å². The lowest BCUT2D eigenvalue weighted by atomic mass is 10.2. The highest BCUT2D eigenvalue weighted by atomic mass is 35.5. The standard InChI is InChI=1S/C13H20N2O2.ClH/c1-3-17-12-6-4-11(5-7-12)9-15-13(16)8-10(2)14;/h4-7,10H,3,8-9,14H2,1-2H3,(H,15,16);1H. The molecule has 0 aromatic heterocycles. The van der Waals surface area contributed by atoms with Gasteiger partial charge in [-0.2, -0.15) is 0 Å². The summed E-state index contributed by atoms with van der Waals surface area (Å²) >= 11 is 0. The molecule has 1 aromatic rings. The lowest BCUT2D eigenvalue weighted by molar-refractivity contribution is -0.121. The van der Waals surface area contributed by atoms with Crippen molar-refractivity contribution in [2.24, 2.45) is 5.73 Å². The third-order valence-electron chi connectivity index (χ3n) is 2.23. The number of nitrogens with two attached hydrogens (primary N) is 1.